The maximum atomic E-state index is 13.4. The molecule has 0 spiro atoms. The van der Waals surface area contributed by atoms with Gasteiger partial charge >= 0.3 is 0 Å². The molecule has 0 amide bonds. The summed E-state index contributed by atoms with van der Waals surface area (Å²) in [7, 11) is 0. The quantitative estimate of drug-likeness (QED) is 0.883. The summed E-state index contributed by atoms with van der Waals surface area (Å²) in [6, 6.07) is 0. The van der Waals surface area contributed by atoms with Crippen molar-refractivity contribution in [2.24, 2.45) is 5.41 Å². The van der Waals surface area contributed by atoms with Gasteiger partial charge in [0.15, 0.2) is 17.5 Å². The van der Waals surface area contributed by atoms with E-state index < -0.39 is 5.82 Å². The fourth-order valence-corrected chi connectivity index (χ4v) is 1.60. The third kappa shape index (κ3) is 3.12. The number of hydrogen-bond acceptors (Lipinski definition) is 4. The highest BCUT2D eigenvalue weighted by atomic mass is 19.1. The summed E-state index contributed by atoms with van der Waals surface area (Å²) in [5.41, 5.74) is 5.59. The van der Waals surface area contributed by atoms with Crippen molar-refractivity contribution < 1.29 is 9.13 Å². The molecule has 0 aliphatic heterocycles. The molecule has 1 aromatic rings. The fourth-order valence-electron chi connectivity index (χ4n) is 1.60. The SMILES string of the molecule is CCOC(c1nc(C)c(F)c(N)n1)C(C)(C)C. The van der Waals surface area contributed by atoms with Crippen molar-refractivity contribution in [2.45, 2.75) is 40.7 Å². The van der Waals surface area contributed by atoms with Gasteiger partial charge in [-0.15, -0.1) is 0 Å². The highest BCUT2D eigenvalue weighted by Crippen LogP contribution is 2.34. The van der Waals surface area contributed by atoms with Crippen molar-refractivity contribution in [1.29, 1.82) is 0 Å². The van der Waals surface area contributed by atoms with Gasteiger partial charge < -0.3 is 10.5 Å². The van der Waals surface area contributed by atoms with Crippen LogP contribution in [0.2, 0.25) is 0 Å². The van der Waals surface area contributed by atoms with E-state index in [-0.39, 0.29) is 23.0 Å². The lowest BCUT2D eigenvalue weighted by molar-refractivity contribution is -0.0192. The number of nitrogens with two attached hydrogens (primary N) is 1. The monoisotopic (exact) mass is 241 g/mol. The number of rotatable bonds is 3. The Balaban J connectivity index is 3.20. The average Bonchev–Trinajstić information content (AvgIpc) is 2.20. The van der Waals surface area contributed by atoms with Crippen LogP contribution in [0.15, 0.2) is 0 Å². The molecule has 0 saturated heterocycles. The highest BCUT2D eigenvalue weighted by Gasteiger charge is 2.30. The minimum atomic E-state index is -0.557. The number of halogens is 1. The summed E-state index contributed by atoms with van der Waals surface area (Å²) in [5.74, 6) is -0.241. The zero-order chi connectivity index (χ0) is 13.2. The van der Waals surface area contributed by atoms with Crippen LogP contribution in [0.3, 0.4) is 0 Å². The zero-order valence-corrected chi connectivity index (χ0v) is 11.0. The second-order valence-corrected chi connectivity index (χ2v) is 5.07. The van der Waals surface area contributed by atoms with E-state index in [0.29, 0.717) is 12.4 Å². The molecule has 0 aliphatic rings. The first-order valence-electron chi connectivity index (χ1n) is 5.68. The van der Waals surface area contributed by atoms with Crippen LogP contribution in [0.1, 0.15) is 45.3 Å². The van der Waals surface area contributed by atoms with Gasteiger partial charge in [-0.05, 0) is 19.3 Å². The molecule has 1 rings (SSSR count). The molecule has 0 bridgehead atoms. The summed E-state index contributed by atoms with van der Waals surface area (Å²) in [6.07, 6.45) is -0.297. The lowest BCUT2D eigenvalue weighted by atomic mass is 9.88. The summed E-state index contributed by atoms with van der Waals surface area (Å²) >= 11 is 0. The smallest absolute Gasteiger partial charge is 0.186 e. The largest absolute Gasteiger partial charge is 0.381 e. The van der Waals surface area contributed by atoms with E-state index in [1.165, 1.54) is 0 Å². The first-order valence-corrected chi connectivity index (χ1v) is 5.68. The van der Waals surface area contributed by atoms with Crippen molar-refractivity contribution in [3.8, 4) is 0 Å². The molecule has 1 atom stereocenters. The Hall–Kier alpha value is -1.23. The van der Waals surface area contributed by atoms with Gasteiger partial charge in [0.1, 0.15) is 6.10 Å². The van der Waals surface area contributed by atoms with Gasteiger partial charge in [-0.2, -0.15) is 0 Å². The predicted molar refractivity (Wildman–Crippen MR) is 65.0 cm³/mol. The molecule has 0 aromatic carbocycles. The summed E-state index contributed by atoms with van der Waals surface area (Å²) in [6.45, 7) is 10.1. The van der Waals surface area contributed by atoms with Gasteiger partial charge in [0.25, 0.3) is 0 Å². The first kappa shape index (κ1) is 13.8. The minimum Gasteiger partial charge on any atom is -0.381 e. The van der Waals surface area contributed by atoms with Crippen molar-refractivity contribution in [1.82, 2.24) is 9.97 Å². The van der Waals surface area contributed by atoms with Gasteiger partial charge in [-0.1, -0.05) is 20.8 Å². The average molecular weight is 241 g/mol. The number of hydrogen-bond donors (Lipinski definition) is 1. The molecule has 1 heterocycles. The molecular formula is C12H20FN3O. The van der Waals surface area contributed by atoms with Gasteiger partial charge in [0.05, 0.1) is 5.69 Å². The molecule has 4 nitrogen and oxygen atoms in total. The Bertz CT molecular complexity index is 378. The second kappa shape index (κ2) is 4.96. The topological polar surface area (TPSA) is 61.0 Å². The zero-order valence-electron chi connectivity index (χ0n) is 11.0. The van der Waals surface area contributed by atoms with Crippen molar-refractivity contribution in [3.05, 3.63) is 17.3 Å². The third-order valence-corrected chi connectivity index (χ3v) is 2.41. The van der Waals surface area contributed by atoms with E-state index in [1.54, 1.807) is 6.92 Å². The number of aryl methyl sites for hydroxylation is 1. The number of aromatic nitrogens is 2. The summed E-state index contributed by atoms with van der Waals surface area (Å²) in [4.78, 5) is 8.11. The molecule has 0 radical (unpaired) electrons. The lowest BCUT2D eigenvalue weighted by Crippen LogP contribution is -2.24. The fraction of sp³-hybridized carbons (Fsp3) is 0.667. The lowest BCUT2D eigenvalue weighted by Gasteiger charge is -2.29. The van der Waals surface area contributed by atoms with Crippen LogP contribution in [0, 0.1) is 18.2 Å². The Morgan fingerprint density at radius 2 is 1.94 bits per heavy atom. The maximum Gasteiger partial charge on any atom is 0.186 e. The van der Waals surface area contributed by atoms with E-state index >= 15 is 0 Å². The van der Waals surface area contributed by atoms with Gasteiger partial charge in [0, 0.05) is 6.61 Å². The Labute approximate surface area is 101 Å². The van der Waals surface area contributed by atoms with E-state index in [9.17, 15) is 4.39 Å². The van der Waals surface area contributed by atoms with Crippen molar-refractivity contribution in [2.75, 3.05) is 12.3 Å². The van der Waals surface area contributed by atoms with Crippen LogP contribution in [0.5, 0.6) is 0 Å². The van der Waals surface area contributed by atoms with Gasteiger partial charge in [-0.3, -0.25) is 0 Å². The third-order valence-electron chi connectivity index (χ3n) is 2.41. The van der Waals surface area contributed by atoms with E-state index in [1.807, 2.05) is 27.7 Å². The molecule has 1 unspecified atom stereocenters. The summed E-state index contributed by atoms with van der Waals surface area (Å²) in [5, 5.41) is 0. The van der Waals surface area contributed by atoms with E-state index in [4.69, 9.17) is 10.5 Å². The standard InChI is InChI=1S/C12H20FN3O/c1-6-17-9(12(3,4)5)11-15-7(2)8(13)10(14)16-11/h9H,6H2,1-5H3,(H2,14,15,16). The van der Waals surface area contributed by atoms with Crippen LogP contribution in [-0.4, -0.2) is 16.6 Å². The Morgan fingerprint density at radius 3 is 2.35 bits per heavy atom. The van der Waals surface area contributed by atoms with Crippen molar-refractivity contribution >= 4 is 5.82 Å². The molecule has 96 valence electrons. The van der Waals surface area contributed by atoms with Crippen LogP contribution >= 0.6 is 0 Å². The number of anilines is 1. The molecule has 2 N–H and O–H groups in total. The normalized spacial score (nSPS) is 13.8. The number of ether oxygens (including phenoxy) is 1. The van der Waals surface area contributed by atoms with Crippen LogP contribution in [0.4, 0.5) is 10.2 Å². The molecule has 17 heavy (non-hydrogen) atoms. The maximum absolute atomic E-state index is 13.4. The van der Waals surface area contributed by atoms with Crippen LogP contribution in [0.25, 0.3) is 0 Å². The van der Waals surface area contributed by atoms with Gasteiger partial charge in [0.2, 0.25) is 0 Å². The second-order valence-electron chi connectivity index (χ2n) is 5.07. The minimum absolute atomic E-state index is 0.124. The Morgan fingerprint density at radius 1 is 1.35 bits per heavy atom. The molecule has 1 aromatic heterocycles. The highest BCUT2D eigenvalue weighted by molar-refractivity contribution is 5.32. The number of nitrogen functional groups attached to an aromatic ring is 1. The Kier molecular flexibility index (Phi) is 4.03. The summed E-state index contributed by atoms with van der Waals surface area (Å²) < 4.78 is 19.0. The predicted octanol–water partition coefficient (Wildman–Crippen LogP) is 2.63. The van der Waals surface area contributed by atoms with E-state index in [0.717, 1.165) is 0 Å². The molecule has 0 saturated carbocycles. The molecular weight excluding hydrogens is 221 g/mol. The van der Waals surface area contributed by atoms with Gasteiger partial charge in [-0.25, -0.2) is 14.4 Å². The molecule has 0 fully saturated rings. The molecule has 0 aliphatic carbocycles. The van der Waals surface area contributed by atoms with E-state index in [2.05, 4.69) is 9.97 Å². The first-order chi connectivity index (χ1) is 7.77. The van der Waals surface area contributed by atoms with Crippen molar-refractivity contribution in [3.63, 3.8) is 0 Å². The van der Waals surface area contributed by atoms with Crippen LogP contribution in [-0.2, 0) is 4.74 Å². The molecule has 5 heteroatoms. The number of nitrogens with zero attached hydrogens (tertiary/aromatic N) is 2. The van der Waals surface area contributed by atoms with Crippen LogP contribution < -0.4 is 5.73 Å².